The van der Waals surface area contributed by atoms with Crippen LogP contribution in [0.15, 0.2) is 267 Å². The minimum atomic E-state index is -0.241. The molecular weight excluding hydrogens is 1050 g/mol. The molecule has 0 aliphatic carbocycles. The van der Waals surface area contributed by atoms with Crippen LogP contribution in [-0.2, 0) is 11.8 Å². The van der Waals surface area contributed by atoms with Gasteiger partial charge in [-0.15, -0.1) is 11.3 Å². The van der Waals surface area contributed by atoms with Crippen LogP contribution in [0.3, 0.4) is 0 Å². The average Bonchev–Trinajstić information content (AvgIpc) is 1.68. The van der Waals surface area contributed by atoms with E-state index in [0.717, 1.165) is 58.6 Å². The standard InChI is InChI=1S/C80H62BN3S/c1-5-6-25-56-41-45-75-76(63-36-21-24-39-74(63)85-75)78(56)83-70-44-40-57(52-26-11-7-12-27-52)48-67(70)81-66-43-42-60(82-68-37-22-19-34-61(68)62-35-20-23-38-69(62)82)51-71(66)84(73-50-59(80(2,3)4)49-72(83)77(73)81)79-64(54-30-15-9-16-31-54)46-58(53-28-13-8-14-29-53)47-65(79)55-32-17-10-18-33-55/h7-24,26-51H,5-6,25H2,1-4H3. The second-order valence-electron chi connectivity index (χ2n) is 24.2. The smallest absolute Gasteiger partial charge is 0.252 e. The molecule has 85 heavy (non-hydrogen) atoms. The topological polar surface area (TPSA) is 11.4 Å². The second kappa shape index (κ2) is 20.3. The van der Waals surface area contributed by atoms with Gasteiger partial charge in [-0.1, -0.05) is 234 Å². The molecule has 0 N–H and O–H groups in total. The number of benzene rings is 12. The normalized spacial score (nSPS) is 12.8. The Hall–Kier alpha value is -9.68. The molecule has 2 aliphatic heterocycles. The van der Waals surface area contributed by atoms with Crippen molar-refractivity contribution >= 4 is 111 Å². The Bertz CT molecular complexity index is 4810. The number of thiophene rings is 1. The van der Waals surface area contributed by atoms with Gasteiger partial charge in [0.25, 0.3) is 6.71 Å². The van der Waals surface area contributed by atoms with Crippen LogP contribution in [0.25, 0.3) is 92.2 Å². The van der Waals surface area contributed by atoms with Crippen LogP contribution in [-0.4, -0.2) is 11.3 Å². The lowest BCUT2D eigenvalue weighted by Crippen LogP contribution is -2.61. The van der Waals surface area contributed by atoms with Gasteiger partial charge in [0.1, 0.15) is 0 Å². The molecule has 0 bridgehead atoms. The molecule has 0 saturated carbocycles. The van der Waals surface area contributed by atoms with E-state index in [1.807, 2.05) is 11.3 Å². The van der Waals surface area contributed by atoms with Crippen molar-refractivity contribution in [3.05, 3.63) is 278 Å². The molecule has 2 aliphatic rings. The van der Waals surface area contributed by atoms with E-state index in [2.05, 4.69) is 309 Å². The third kappa shape index (κ3) is 8.31. The van der Waals surface area contributed by atoms with Crippen LogP contribution >= 0.6 is 11.3 Å². The van der Waals surface area contributed by atoms with E-state index in [9.17, 15) is 0 Å². The first-order chi connectivity index (χ1) is 41.8. The van der Waals surface area contributed by atoms with Crippen LogP contribution < -0.4 is 26.2 Å². The van der Waals surface area contributed by atoms with Crippen LogP contribution in [0.2, 0.25) is 0 Å². The minimum absolute atomic E-state index is 0.145. The SMILES string of the molecule is CCCCc1ccc2sc3ccccc3c2c1N1c2ccc(-c3ccccc3)cc2B2c3ccc(-n4c5ccccc5c5ccccc54)cc3N(c3c(-c4ccccc4)cc(-c4ccccc4)cc3-c3ccccc3)c3cc(C(C)(C)C)cc1c32. The van der Waals surface area contributed by atoms with Gasteiger partial charge in [0.05, 0.1) is 22.4 Å². The number of nitrogens with zero attached hydrogens (tertiary/aromatic N) is 3. The highest BCUT2D eigenvalue weighted by atomic mass is 32.1. The van der Waals surface area contributed by atoms with E-state index in [-0.39, 0.29) is 12.1 Å². The number of fused-ring (bicyclic) bond motifs is 10. The number of unbranched alkanes of at least 4 members (excludes halogenated alkanes) is 1. The van der Waals surface area contributed by atoms with Gasteiger partial charge in [0, 0.05) is 70.5 Å². The number of anilines is 6. The maximum Gasteiger partial charge on any atom is 0.252 e. The van der Waals surface area contributed by atoms with Crippen molar-refractivity contribution in [2.45, 2.75) is 52.4 Å². The first-order valence-electron chi connectivity index (χ1n) is 30.2. The third-order valence-electron chi connectivity index (χ3n) is 18.1. The van der Waals surface area contributed by atoms with Crippen LogP contribution in [0, 0.1) is 0 Å². The molecule has 3 nitrogen and oxygen atoms in total. The number of aromatic nitrogens is 1. The summed E-state index contributed by atoms with van der Waals surface area (Å²) < 4.78 is 5.12. The molecule has 0 fully saturated rings. The van der Waals surface area contributed by atoms with Gasteiger partial charge in [0.15, 0.2) is 0 Å². The van der Waals surface area contributed by atoms with Gasteiger partial charge in [0.2, 0.25) is 0 Å². The number of hydrogen-bond donors (Lipinski definition) is 0. The van der Waals surface area contributed by atoms with E-state index < -0.39 is 0 Å². The Morgan fingerprint density at radius 2 is 0.941 bits per heavy atom. The Morgan fingerprint density at radius 1 is 0.400 bits per heavy atom. The third-order valence-corrected chi connectivity index (χ3v) is 19.2. The maximum absolute atomic E-state index is 2.74. The number of para-hydroxylation sites is 2. The Labute approximate surface area is 502 Å². The minimum Gasteiger partial charge on any atom is -0.310 e. The molecule has 12 aromatic carbocycles. The summed E-state index contributed by atoms with van der Waals surface area (Å²) in [6, 6.07) is 101. The summed E-state index contributed by atoms with van der Waals surface area (Å²) in [7, 11) is 0. The molecule has 16 rings (SSSR count). The van der Waals surface area contributed by atoms with Gasteiger partial charge in [-0.25, -0.2) is 0 Å². The summed E-state index contributed by atoms with van der Waals surface area (Å²) in [6.07, 6.45) is 3.17. The van der Waals surface area contributed by atoms with Crippen molar-refractivity contribution in [2.75, 3.05) is 9.80 Å². The highest BCUT2D eigenvalue weighted by molar-refractivity contribution is 7.26. The van der Waals surface area contributed by atoms with Crippen LogP contribution in [0.5, 0.6) is 0 Å². The van der Waals surface area contributed by atoms with Crippen molar-refractivity contribution < 1.29 is 0 Å². The summed E-state index contributed by atoms with van der Waals surface area (Å²) in [5.41, 5.74) is 26.5. The van der Waals surface area contributed by atoms with Gasteiger partial charge in [-0.05, 0) is 146 Å². The number of hydrogen-bond acceptors (Lipinski definition) is 3. The zero-order valence-corrected chi connectivity index (χ0v) is 49.2. The van der Waals surface area contributed by atoms with Gasteiger partial charge < -0.3 is 14.4 Å². The summed E-state index contributed by atoms with van der Waals surface area (Å²) in [4.78, 5) is 5.46. The van der Waals surface area contributed by atoms with Crippen molar-refractivity contribution in [2.24, 2.45) is 0 Å². The monoisotopic (exact) mass is 1110 g/mol. The quantitative estimate of drug-likeness (QED) is 0.126. The first kappa shape index (κ1) is 51.0. The summed E-state index contributed by atoms with van der Waals surface area (Å²) >= 11 is 1.91. The Morgan fingerprint density at radius 3 is 1.54 bits per heavy atom. The summed E-state index contributed by atoms with van der Waals surface area (Å²) in [6.45, 7) is 9.37. The van der Waals surface area contributed by atoms with Crippen molar-refractivity contribution in [1.29, 1.82) is 0 Å². The van der Waals surface area contributed by atoms with Crippen molar-refractivity contribution in [1.82, 2.24) is 4.57 Å². The predicted octanol–water partition coefficient (Wildman–Crippen LogP) is 20.5. The largest absolute Gasteiger partial charge is 0.310 e. The molecular formula is C80H62BN3S. The fourth-order valence-electron chi connectivity index (χ4n) is 14.1. The zero-order chi connectivity index (χ0) is 56.9. The number of aryl methyl sites for hydroxylation is 1. The molecule has 0 atom stereocenters. The second-order valence-corrected chi connectivity index (χ2v) is 25.3. The highest BCUT2D eigenvalue weighted by Crippen LogP contribution is 2.55. The lowest BCUT2D eigenvalue weighted by molar-refractivity contribution is 0.590. The van der Waals surface area contributed by atoms with Gasteiger partial charge in [-0.2, -0.15) is 0 Å². The van der Waals surface area contributed by atoms with E-state index in [4.69, 9.17) is 0 Å². The van der Waals surface area contributed by atoms with Crippen LogP contribution in [0.1, 0.15) is 51.7 Å². The lowest BCUT2D eigenvalue weighted by Gasteiger charge is -2.46. The van der Waals surface area contributed by atoms with Crippen molar-refractivity contribution in [3.63, 3.8) is 0 Å². The van der Waals surface area contributed by atoms with Gasteiger partial charge >= 0.3 is 0 Å². The van der Waals surface area contributed by atoms with Gasteiger partial charge in [-0.3, -0.25) is 0 Å². The van der Waals surface area contributed by atoms with E-state index >= 15 is 0 Å². The van der Waals surface area contributed by atoms with E-state index in [1.165, 1.54) is 114 Å². The fourth-order valence-corrected chi connectivity index (χ4v) is 15.2. The Balaban J connectivity index is 1.10. The molecule has 406 valence electrons. The molecule has 5 heteroatoms. The molecule has 0 amide bonds. The molecule has 4 heterocycles. The molecule has 0 radical (unpaired) electrons. The highest BCUT2D eigenvalue weighted by Gasteiger charge is 2.46. The molecule has 14 aromatic rings. The lowest BCUT2D eigenvalue weighted by atomic mass is 9.33. The average molecular weight is 1110 g/mol. The first-order valence-corrected chi connectivity index (χ1v) is 31.0. The van der Waals surface area contributed by atoms with Crippen molar-refractivity contribution in [3.8, 4) is 50.2 Å². The number of rotatable bonds is 10. The van der Waals surface area contributed by atoms with E-state index in [1.54, 1.807) is 0 Å². The zero-order valence-electron chi connectivity index (χ0n) is 48.4. The molecule has 0 saturated heterocycles. The molecule has 0 unspecified atom stereocenters. The molecule has 0 spiro atoms. The summed E-state index contributed by atoms with van der Waals surface area (Å²) in [5, 5.41) is 5.13. The molecule has 2 aromatic heterocycles. The maximum atomic E-state index is 2.74. The fraction of sp³-hybridized carbons (Fsp3) is 0.100. The van der Waals surface area contributed by atoms with E-state index in [0.29, 0.717) is 0 Å². The Kier molecular flexibility index (Phi) is 12.2. The predicted molar refractivity (Wildman–Crippen MR) is 367 cm³/mol. The van der Waals surface area contributed by atoms with Crippen LogP contribution in [0.4, 0.5) is 34.1 Å². The summed E-state index contributed by atoms with van der Waals surface area (Å²) in [5.74, 6) is 0.